The number of halogens is 3. The van der Waals surface area contributed by atoms with Gasteiger partial charge in [0, 0.05) is 23.1 Å². The van der Waals surface area contributed by atoms with Gasteiger partial charge in [-0.2, -0.15) is 0 Å². The van der Waals surface area contributed by atoms with Gasteiger partial charge in [0.25, 0.3) is 10.0 Å². The Balaban J connectivity index is 2.02. The van der Waals surface area contributed by atoms with E-state index < -0.39 is 40.2 Å². The quantitative estimate of drug-likeness (QED) is 0.379. The van der Waals surface area contributed by atoms with E-state index in [9.17, 15) is 22.4 Å². The smallest absolute Gasteiger partial charge is 0.264 e. The number of para-hydroxylation sites is 1. The number of nitrogens with one attached hydrogen (secondary N) is 1. The van der Waals surface area contributed by atoms with Crippen LogP contribution in [0.1, 0.15) is 19.4 Å². The van der Waals surface area contributed by atoms with E-state index in [0.29, 0.717) is 22.2 Å². The summed E-state index contributed by atoms with van der Waals surface area (Å²) < 4.78 is 41.6. The number of amides is 2. The van der Waals surface area contributed by atoms with Crippen molar-refractivity contribution in [3.8, 4) is 0 Å². The van der Waals surface area contributed by atoms with E-state index in [1.807, 2.05) is 0 Å². The Labute approximate surface area is 225 Å². The van der Waals surface area contributed by atoms with Gasteiger partial charge in [0.2, 0.25) is 11.8 Å². The van der Waals surface area contributed by atoms with Crippen LogP contribution in [0, 0.1) is 5.82 Å². The van der Waals surface area contributed by atoms with Gasteiger partial charge in [0.15, 0.2) is 0 Å². The zero-order valence-electron chi connectivity index (χ0n) is 20.2. The first-order valence-corrected chi connectivity index (χ1v) is 13.6. The van der Waals surface area contributed by atoms with Crippen LogP contribution in [0.3, 0.4) is 0 Å². The zero-order chi connectivity index (χ0) is 27.2. The first-order valence-electron chi connectivity index (χ1n) is 11.4. The molecule has 0 aromatic heterocycles. The summed E-state index contributed by atoms with van der Waals surface area (Å²) in [5.74, 6) is -1.64. The van der Waals surface area contributed by atoms with Crippen LogP contribution in [0.4, 0.5) is 10.1 Å². The summed E-state index contributed by atoms with van der Waals surface area (Å²) in [7, 11) is -4.27. The molecule has 0 unspecified atom stereocenters. The van der Waals surface area contributed by atoms with Crippen LogP contribution in [0.15, 0.2) is 77.7 Å². The van der Waals surface area contributed by atoms with E-state index in [2.05, 4.69) is 5.32 Å². The molecule has 11 heteroatoms. The maximum absolute atomic E-state index is 13.7. The zero-order valence-corrected chi connectivity index (χ0v) is 22.5. The highest BCUT2D eigenvalue weighted by atomic mass is 35.5. The average Bonchev–Trinajstić information content (AvgIpc) is 2.87. The third-order valence-electron chi connectivity index (χ3n) is 5.60. The fourth-order valence-corrected chi connectivity index (χ4v) is 5.48. The number of likely N-dealkylation sites (N-methyl/N-ethyl adjacent to an activating group) is 1. The Morgan fingerprint density at radius 2 is 1.65 bits per heavy atom. The summed E-state index contributed by atoms with van der Waals surface area (Å²) in [4.78, 5) is 27.5. The summed E-state index contributed by atoms with van der Waals surface area (Å²) in [6.07, 6.45) is 0. The maximum Gasteiger partial charge on any atom is 0.264 e. The molecule has 3 aromatic rings. The lowest BCUT2D eigenvalue weighted by atomic mass is 10.1. The number of carbonyl (C=O) groups is 2. The van der Waals surface area contributed by atoms with Crippen LogP contribution in [-0.2, 0) is 26.2 Å². The lowest BCUT2D eigenvalue weighted by Crippen LogP contribution is -2.51. The molecule has 0 fully saturated rings. The van der Waals surface area contributed by atoms with Crippen LogP contribution in [-0.4, -0.2) is 44.3 Å². The van der Waals surface area contributed by atoms with E-state index in [1.165, 1.54) is 11.0 Å². The normalized spacial score (nSPS) is 12.0. The van der Waals surface area contributed by atoms with Crippen molar-refractivity contribution < 1.29 is 22.4 Å². The number of hydrogen-bond acceptors (Lipinski definition) is 4. The number of rotatable bonds is 10. The highest BCUT2D eigenvalue weighted by Crippen LogP contribution is 2.26. The minimum absolute atomic E-state index is 0.0631. The van der Waals surface area contributed by atoms with Crippen LogP contribution >= 0.6 is 23.2 Å². The van der Waals surface area contributed by atoms with Gasteiger partial charge in [-0.25, -0.2) is 12.8 Å². The van der Waals surface area contributed by atoms with Gasteiger partial charge < -0.3 is 10.2 Å². The van der Waals surface area contributed by atoms with Gasteiger partial charge in [0.1, 0.15) is 18.4 Å². The van der Waals surface area contributed by atoms with Crippen molar-refractivity contribution in [3.05, 3.63) is 94.2 Å². The molecule has 0 aliphatic carbocycles. The Morgan fingerprint density at radius 3 is 2.24 bits per heavy atom. The molecule has 3 aromatic carbocycles. The Bertz CT molecular complexity index is 1360. The SMILES string of the molecule is CCNC(=O)[C@H](C)N(Cc1ccc(Cl)cc1Cl)C(=O)CN(c1ccccc1)S(=O)(=O)c1ccc(F)cc1. The number of benzene rings is 3. The molecule has 3 rings (SSSR count). The molecule has 1 N–H and O–H groups in total. The minimum Gasteiger partial charge on any atom is -0.355 e. The molecule has 2 amide bonds. The molecule has 0 aliphatic heterocycles. The molecule has 0 bridgehead atoms. The van der Waals surface area contributed by atoms with Crippen LogP contribution < -0.4 is 9.62 Å². The molecule has 37 heavy (non-hydrogen) atoms. The maximum atomic E-state index is 13.7. The van der Waals surface area contributed by atoms with Crippen molar-refractivity contribution in [1.29, 1.82) is 0 Å². The minimum atomic E-state index is -4.27. The van der Waals surface area contributed by atoms with Crippen molar-refractivity contribution in [2.75, 3.05) is 17.4 Å². The molecule has 196 valence electrons. The molecular weight excluding hydrogens is 540 g/mol. The standard InChI is InChI=1S/C26H26Cl2FN3O4S/c1-3-30-26(34)18(2)31(16-19-9-10-20(27)15-24(19)28)25(33)17-32(22-7-5-4-6-8-22)37(35,36)23-13-11-21(29)12-14-23/h4-15,18H,3,16-17H2,1-2H3,(H,30,34)/t18-/m0/s1. The lowest BCUT2D eigenvalue weighted by Gasteiger charge is -2.32. The van der Waals surface area contributed by atoms with Crippen molar-refractivity contribution in [2.45, 2.75) is 31.3 Å². The van der Waals surface area contributed by atoms with Crippen molar-refractivity contribution in [2.24, 2.45) is 0 Å². The van der Waals surface area contributed by atoms with Gasteiger partial charge in [-0.3, -0.25) is 13.9 Å². The van der Waals surface area contributed by atoms with Gasteiger partial charge in [-0.05, 0) is 67.9 Å². The molecule has 0 spiro atoms. The second-order valence-corrected chi connectivity index (χ2v) is 10.8. The van der Waals surface area contributed by atoms with E-state index in [4.69, 9.17) is 23.2 Å². The Kier molecular flexibility index (Phi) is 9.53. The average molecular weight is 566 g/mol. The molecule has 0 aliphatic rings. The van der Waals surface area contributed by atoms with E-state index in [-0.39, 0.29) is 17.1 Å². The monoisotopic (exact) mass is 565 g/mol. The van der Waals surface area contributed by atoms with Gasteiger partial charge >= 0.3 is 0 Å². The number of carbonyl (C=O) groups excluding carboxylic acids is 2. The Hall–Kier alpha value is -3.14. The fourth-order valence-electron chi connectivity index (χ4n) is 3.59. The molecule has 0 radical (unpaired) electrons. The van der Waals surface area contributed by atoms with Crippen LogP contribution in [0.25, 0.3) is 0 Å². The Morgan fingerprint density at radius 1 is 1.00 bits per heavy atom. The largest absolute Gasteiger partial charge is 0.355 e. The van der Waals surface area contributed by atoms with E-state index >= 15 is 0 Å². The van der Waals surface area contributed by atoms with Crippen molar-refractivity contribution in [1.82, 2.24) is 10.2 Å². The summed E-state index contributed by atoms with van der Waals surface area (Å²) >= 11 is 12.3. The second kappa shape index (κ2) is 12.4. The molecule has 0 saturated carbocycles. The van der Waals surface area contributed by atoms with Crippen LogP contribution in [0.5, 0.6) is 0 Å². The molecule has 0 heterocycles. The lowest BCUT2D eigenvalue weighted by molar-refractivity contribution is -0.139. The predicted octanol–water partition coefficient (Wildman–Crippen LogP) is 4.88. The fraction of sp³-hybridized carbons (Fsp3) is 0.231. The summed E-state index contributed by atoms with van der Waals surface area (Å²) in [6, 6.07) is 16.2. The van der Waals surface area contributed by atoms with E-state index in [1.54, 1.807) is 56.3 Å². The molecule has 0 saturated heterocycles. The van der Waals surface area contributed by atoms with Gasteiger partial charge in [0.05, 0.1) is 10.6 Å². The number of nitrogens with zero attached hydrogens (tertiary/aromatic N) is 2. The summed E-state index contributed by atoms with van der Waals surface area (Å²) in [5, 5.41) is 3.39. The highest BCUT2D eigenvalue weighted by molar-refractivity contribution is 7.92. The topological polar surface area (TPSA) is 86.8 Å². The van der Waals surface area contributed by atoms with Crippen LogP contribution in [0.2, 0.25) is 10.0 Å². The third kappa shape index (κ3) is 7.00. The first kappa shape index (κ1) is 28.4. The predicted molar refractivity (Wildman–Crippen MR) is 143 cm³/mol. The molecular formula is C26H26Cl2FN3O4S. The summed E-state index contributed by atoms with van der Waals surface area (Å²) in [5.41, 5.74) is 0.763. The summed E-state index contributed by atoms with van der Waals surface area (Å²) in [6.45, 7) is 2.97. The number of sulfonamides is 1. The van der Waals surface area contributed by atoms with E-state index in [0.717, 1.165) is 28.6 Å². The van der Waals surface area contributed by atoms with Crippen molar-refractivity contribution in [3.63, 3.8) is 0 Å². The second-order valence-electron chi connectivity index (χ2n) is 8.13. The van der Waals surface area contributed by atoms with Gasteiger partial charge in [-0.15, -0.1) is 0 Å². The van der Waals surface area contributed by atoms with Gasteiger partial charge in [-0.1, -0.05) is 47.5 Å². The number of anilines is 1. The highest BCUT2D eigenvalue weighted by Gasteiger charge is 2.32. The van der Waals surface area contributed by atoms with Crippen molar-refractivity contribution >= 4 is 50.7 Å². The molecule has 7 nitrogen and oxygen atoms in total. The molecule has 1 atom stereocenters. The number of hydrogen-bond donors (Lipinski definition) is 1. The first-order chi connectivity index (χ1) is 17.5. The third-order valence-corrected chi connectivity index (χ3v) is 7.97.